The van der Waals surface area contributed by atoms with Crippen molar-refractivity contribution >= 4 is 23.1 Å². The lowest BCUT2D eigenvalue weighted by atomic mass is 10.2. The molecule has 0 radical (unpaired) electrons. The van der Waals surface area contributed by atoms with Crippen LogP contribution in [0.4, 0.5) is 5.95 Å². The number of para-hydroxylation sites is 2. The van der Waals surface area contributed by atoms with Gasteiger partial charge in [0.15, 0.2) is 0 Å². The molecule has 0 fully saturated rings. The molecule has 0 spiro atoms. The number of aromatic hydroxyl groups is 2. The number of rotatable bonds is 4. The van der Waals surface area contributed by atoms with Crippen LogP contribution in [0.25, 0.3) is 16.6 Å². The zero-order chi connectivity index (χ0) is 19.5. The zero-order valence-corrected chi connectivity index (χ0v) is 14.6. The summed E-state index contributed by atoms with van der Waals surface area (Å²) in [5.41, 5.74) is 4.16. The molecule has 3 aromatic carbocycles. The van der Waals surface area contributed by atoms with E-state index in [0.29, 0.717) is 22.2 Å². The van der Waals surface area contributed by atoms with Crippen LogP contribution in [-0.4, -0.2) is 26.0 Å². The van der Waals surface area contributed by atoms with Gasteiger partial charge in [-0.25, -0.2) is 15.0 Å². The fraction of sp³-hybridized carbons (Fsp3) is 0. The Labute approximate surface area is 159 Å². The van der Waals surface area contributed by atoms with E-state index in [1.54, 1.807) is 30.3 Å². The summed E-state index contributed by atoms with van der Waals surface area (Å²) >= 11 is 0. The maximum Gasteiger partial charge on any atom is 0.267 e. The van der Waals surface area contributed by atoms with Crippen molar-refractivity contribution in [1.29, 1.82) is 0 Å². The first-order chi connectivity index (χ1) is 13.6. The number of hydrogen-bond donors (Lipinski definition) is 3. The minimum atomic E-state index is -0.220. The second-order valence-corrected chi connectivity index (χ2v) is 6.04. The molecule has 0 saturated heterocycles. The molecule has 0 aliphatic carbocycles. The Bertz CT molecular complexity index is 1230. The average Bonchev–Trinajstić information content (AvgIpc) is 2.70. The Morgan fingerprint density at radius 1 is 0.964 bits per heavy atom. The maximum absolute atomic E-state index is 13.0. The van der Waals surface area contributed by atoms with Crippen molar-refractivity contribution in [3.8, 4) is 17.2 Å². The largest absolute Gasteiger partial charge is 0.508 e. The third kappa shape index (κ3) is 3.28. The minimum Gasteiger partial charge on any atom is -0.508 e. The van der Waals surface area contributed by atoms with E-state index in [2.05, 4.69) is 15.5 Å². The van der Waals surface area contributed by atoms with Crippen LogP contribution in [0.2, 0.25) is 0 Å². The predicted octanol–water partition coefficient (Wildman–Crippen LogP) is 3.24. The molecule has 0 aliphatic rings. The van der Waals surface area contributed by atoms with E-state index in [1.165, 1.54) is 29.0 Å². The highest BCUT2D eigenvalue weighted by Crippen LogP contribution is 2.21. The van der Waals surface area contributed by atoms with Crippen molar-refractivity contribution in [3.63, 3.8) is 0 Å². The average molecular weight is 372 g/mol. The van der Waals surface area contributed by atoms with Gasteiger partial charge in [-0.3, -0.25) is 4.79 Å². The monoisotopic (exact) mass is 372 g/mol. The van der Waals surface area contributed by atoms with Crippen LogP contribution in [0.1, 0.15) is 5.56 Å². The molecule has 1 aromatic heterocycles. The molecule has 0 saturated carbocycles. The Hall–Kier alpha value is -4.13. The molecule has 138 valence electrons. The number of phenolic OH excluding ortho intramolecular Hbond substituents is 2. The SMILES string of the molecule is O=c1c2ccccc2nc(N/N=C\c2ccc(O)cc2O)n1-c1ccccc1. The number of phenols is 2. The molecular weight excluding hydrogens is 356 g/mol. The fourth-order valence-electron chi connectivity index (χ4n) is 2.83. The number of aromatic nitrogens is 2. The first-order valence-electron chi connectivity index (χ1n) is 8.52. The van der Waals surface area contributed by atoms with E-state index in [9.17, 15) is 15.0 Å². The van der Waals surface area contributed by atoms with E-state index in [4.69, 9.17) is 0 Å². The minimum absolute atomic E-state index is 0.0447. The Kier molecular flexibility index (Phi) is 4.47. The standard InChI is InChI=1S/C21H16N4O3/c26-16-11-10-14(19(27)12-16)13-22-24-21-23-18-9-5-4-8-17(18)20(28)25(21)15-6-2-1-3-7-15/h1-13,26-27H,(H,23,24)/b22-13-. The molecule has 1 heterocycles. The molecule has 4 rings (SSSR count). The van der Waals surface area contributed by atoms with Crippen molar-refractivity contribution in [2.45, 2.75) is 0 Å². The maximum atomic E-state index is 13.0. The van der Waals surface area contributed by atoms with Gasteiger partial charge < -0.3 is 10.2 Å². The molecule has 0 atom stereocenters. The smallest absolute Gasteiger partial charge is 0.267 e. The normalized spacial score (nSPS) is 11.1. The number of hydrogen-bond acceptors (Lipinski definition) is 6. The number of nitrogens with zero attached hydrogens (tertiary/aromatic N) is 3. The van der Waals surface area contributed by atoms with Crippen LogP contribution < -0.4 is 11.0 Å². The van der Waals surface area contributed by atoms with Gasteiger partial charge in [-0.2, -0.15) is 5.10 Å². The summed E-state index contributed by atoms with van der Waals surface area (Å²) in [6.07, 6.45) is 1.38. The lowest BCUT2D eigenvalue weighted by molar-refractivity contribution is 0.450. The van der Waals surface area contributed by atoms with Crippen LogP contribution in [0, 0.1) is 0 Å². The zero-order valence-electron chi connectivity index (χ0n) is 14.6. The summed E-state index contributed by atoms with van der Waals surface area (Å²) in [5.74, 6) is 0.0820. The summed E-state index contributed by atoms with van der Waals surface area (Å²) in [5, 5.41) is 23.8. The fourth-order valence-corrected chi connectivity index (χ4v) is 2.83. The van der Waals surface area contributed by atoms with Gasteiger partial charge >= 0.3 is 0 Å². The van der Waals surface area contributed by atoms with E-state index in [-0.39, 0.29) is 23.0 Å². The van der Waals surface area contributed by atoms with Gasteiger partial charge in [0, 0.05) is 11.6 Å². The summed E-state index contributed by atoms with van der Waals surface area (Å²) in [4.78, 5) is 17.6. The quantitative estimate of drug-likeness (QED) is 0.377. The second-order valence-electron chi connectivity index (χ2n) is 6.04. The van der Waals surface area contributed by atoms with Crippen LogP contribution in [0.15, 0.2) is 82.7 Å². The summed E-state index contributed by atoms with van der Waals surface area (Å²) < 4.78 is 1.44. The van der Waals surface area contributed by atoms with Crippen molar-refractivity contribution < 1.29 is 10.2 Å². The van der Waals surface area contributed by atoms with Crippen LogP contribution in [0.3, 0.4) is 0 Å². The van der Waals surface area contributed by atoms with Crippen LogP contribution in [0.5, 0.6) is 11.5 Å². The summed E-state index contributed by atoms with van der Waals surface area (Å²) in [6, 6.07) is 20.4. The highest BCUT2D eigenvalue weighted by atomic mass is 16.3. The molecule has 7 nitrogen and oxygen atoms in total. The molecule has 3 N–H and O–H groups in total. The molecule has 0 aliphatic heterocycles. The second kappa shape index (κ2) is 7.24. The molecule has 0 bridgehead atoms. The van der Waals surface area contributed by atoms with Crippen molar-refractivity contribution in [1.82, 2.24) is 9.55 Å². The summed E-state index contributed by atoms with van der Waals surface area (Å²) in [7, 11) is 0. The Balaban J connectivity index is 1.79. The van der Waals surface area contributed by atoms with Gasteiger partial charge in [-0.15, -0.1) is 0 Å². The van der Waals surface area contributed by atoms with Gasteiger partial charge in [0.25, 0.3) is 5.56 Å². The number of anilines is 1. The predicted molar refractivity (Wildman–Crippen MR) is 108 cm³/mol. The van der Waals surface area contributed by atoms with Gasteiger partial charge in [0.1, 0.15) is 11.5 Å². The molecule has 4 aromatic rings. The van der Waals surface area contributed by atoms with Gasteiger partial charge in [0.2, 0.25) is 5.95 Å². The Morgan fingerprint density at radius 3 is 2.50 bits per heavy atom. The lowest BCUT2D eigenvalue weighted by Gasteiger charge is -2.12. The molecule has 28 heavy (non-hydrogen) atoms. The molecule has 0 amide bonds. The highest BCUT2D eigenvalue weighted by molar-refractivity contribution is 5.84. The molecular formula is C21H16N4O3. The first-order valence-corrected chi connectivity index (χ1v) is 8.52. The van der Waals surface area contributed by atoms with E-state index < -0.39 is 0 Å². The van der Waals surface area contributed by atoms with Gasteiger partial charge in [-0.1, -0.05) is 30.3 Å². The van der Waals surface area contributed by atoms with E-state index in [0.717, 1.165) is 0 Å². The van der Waals surface area contributed by atoms with Crippen molar-refractivity contribution in [3.05, 3.63) is 88.7 Å². The highest BCUT2D eigenvalue weighted by Gasteiger charge is 2.12. The van der Waals surface area contributed by atoms with Crippen LogP contribution >= 0.6 is 0 Å². The van der Waals surface area contributed by atoms with E-state index >= 15 is 0 Å². The van der Waals surface area contributed by atoms with Crippen LogP contribution in [-0.2, 0) is 0 Å². The van der Waals surface area contributed by atoms with Gasteiger partial charge in [0.05, 0.1) is 22.8 Å². The number of fused-ring (bicyclic) bond motifs is 1. The lowest BCUT2D eigenvalue weighted by Crippen LogP contribution is -2.22. The number of benzene rings is 3. The topological polar surface area (TPSA) is 99.7 Å². The number of nitrogens with one attached hydrogen (secondary N) is 1. The number of hydrazone groups is 1. The third-order valence-corrected chi connectivity index (χ3v) is 4.17. The Morgan fingerprint density at radius 2 is 1.71 bits per heavy atom. The molecule has 7 heteroatoms. The first kappa shape index (κ1) is 17.3. The summed E-state index contributed by atoms with van der Waals surface area (Å²) in [6.45, 7) is 0. The molecule has 0 unspecified atom stereocenters. The van der Waals surface area contributed by atoms with Gasteiger partial charge in [-0.05, 0) is 36.4 Å². The van der Waals surface area contributed by atoms with Crippen molar-refractivity contribution in [2.24, 2.45) is 5.10 Å². The third-order valence-electron chi connectivity index (χ3n) is 4.17. The van der Waals surface area contributed by atoms with E-state index in [1.807, 2.05) is 24.3 Å². The van der Waals surface area contributed by atoms with Crippen molar-refractivity contribution in [2.75, 3.05) is 5.43 Å².